The SMILES string of the molecule is C=CCCC=C.O.S.S. The van der Waals surface area contributed by atoms with Crippen molar-refractivity contribution in [2.24, 2.45) is 0 Å². The average Bonchev–Trinajstić information content (AvgIpc) is 1.61. The van der Waals surface area contributed by atoms with E-state index in [0.717, 1.165) is 12.8 Å². The second kappa shape index (κ2) is 24.2. The van der Waals surface area contributed by atoms with Crippen molar-refractivity contribution in [3.8, 4) is 0 Å². The molecule has 0 saturated heterocycles. The molecule has 0 bridgehead atoms. The van der Waals surface area contributed by atoms with Gasteiger partial charge in [-0.15, -0.1) is 13.2 Å². The molecule has 0 aliphatic heterocycles. The predicted octanol–water partition coefficient (Wildman–Crippen LogP) is 1.54. The van der Waals surface area contributed by atoms with Crippen molar-refractivity contribution in [3.05, 3.63) is 25.3 Å². The van der Waals surface area contributed by atoms with Gasteiger partial charge in [0, 0.05) is 0 Å². The Hall–Kier alpha value is 0.140. The minimum absolute atomic E-state index is 0. The van der Waals surface area contributed by atoms with E-state index in [4.69, 9.17) is 0 Å². The summed E-state index contributed by atoms with van der Waals surface area (Å²) >= 11 is 0. The molecule has 0 unspecified atom stereocenters. The first-order chi connectivity index (χ1) is 2.91. The van der Waals surface area contributed by atoms with E-state index in [1.54, 1.807) is 0 Å². The van der Waals surface area contributed by atoms with Crippen LogP contribution in [0.5, 0.6) is 0 Å². The van der Waals surface area contributed by atoms with Crippen LogP contribution >= 0.6 is 27.0 Å². The molecule has 58 valence electrons. The fourth-order valence-corrected chi connectivity index (χ4v) is 0.236. The van der Waals surface area contributed by atoms with E-state index in [1.807, 2.05) is 12.2 Å². The van der Waals surface area contributed by atoms with Gasteiger partial charge < -0.3 is 5.48 Å². The van der Waals surface area contributed by atoms with Crippen molar-refractivity contribution in [3.63, 3.8) is 0 Å². The lowest BCUT2D eigenvalue weighted by Crippen LogP contribution is -1.56. The van der Waals surface area contributed by atoms with Crippen molar-refractivity contribution < 1.29 is 5.48 Å². The Morgan fingerprint density at radius 1 is 0.889 bits per heavy atom. The first-order valence-corrected chi connectivity index (χ1v) is 2.13. The van der Waals surface area contributed by atoms with Gasteiger partial charge in [0.2, 0.25) is 0 Å². The molecule has 0 aliphatic carbocycles. The Kier molecular flexibility index (Phi) is 61.7. The number of hydrogen-bond acceptors (Lipinski definition) is 0. The molecule has 0 aromatic heterocycles. The minimum Gasteiger partial charge on any atom is -0.412 e. The van der Waals surface area contributed by atoms with Gasteiger partial charge in [0.25, 0.3) is 0 Å². The first-order valence-electron chi connectivity index (χ1n) is 2.13. The van der Waals surface area contributed by atoms with E-state index in [2.05, 4.69) is 13.2 Å². The molecular weight excluding hydrogens is 152 g/mol. The number of allylic oxidation sites excluding steroid dienone is 2. The third kappa shape index (κ3) is 31.1. The summed E-state index contributed by atoms with van der Waals surface area (Å²) in [7, 11) is 0. The van der Waals surface area contributed by atoms with Crippen LogP contribution in [0.25, 0.3) is 0 Å². The van der Waals surface area contributed by atoms with Crippen molar-refractivity contribution in [2.45, 2.75) is 12.8 Å². The molecule has 9 heavy (non-hydrogen) atoms. The second-order valence-corrected chi connectivity index (χ2v) is 1.15. The summed E-state index contributed by atoms with van der Waals surface area (Å²) in [6.07, 6.45) is 5.90. The van der Waals surface area contributed by atoms with Gasteiger partial charge in [-0.25, -0.2) is 0 Å². The Bertz CT molecular complexity index is 47.0. The van der Waals surface area contributed by atoms with E-state index in [-0.39, 0.29) is 32.5 Å². The summed E-state index contributed by atoms with van der Waals surface area (Å²) in [5, 5.41) is 0. The summed E-state index contributed by atoms with van der Waals surface area (Å²) in [6, 6.07) is 0. The maximum absolute atomic E-state index is 3.55. The van der Waals surface area contributed by atoms with Crippen LogP contribution in [-0.2, 0) is 0 Å². The zero-order valence-electron chi connectivity index (χ0n) is 5.48. The van der Waals surface area contributed by atoms with Crippen LogP contribution in [0.15, 0.2) is 25.3 Å². The van der Waals surface area contributed by atoms with Crippen LogP contribution in [0.3, 0.4) is 0 Å². The lowest BCUT2D eigenvalue weighted by molar-refractivity contribution is 0.824. The molecule has 0 aliphatic rings. The molecular formula is C6H16OS2. The third-order valence-corrected chi connectivity index (χ3v) is 0.575. The van der Waals surface area contributed by atoms with E-state index in [0.29, 0.717) is 0 Å². The van der Waals surface area contributed by atoms with Crippen molar-refractivity contribution in [1.29, 1.82) is 0 Å². The lowest BCUT2D eigenvalue weighted by Gasteiger charge is -1.76. The van der Waals surface area contributed by atoms with E-state index >= 15 is 0 Å². The van der Waals surface area contributed by atoms with Gasteiger partial charge in [0.05, 0.1) is 0 Å². The highest BCUT2D eigenvalue weighted by Gasteiger charge is 1.66. The van der Waals surface area contributed by atoms with Crippen molar-refractivity contribution in [2.75, 3.05) is 0 Å². The maximum Gasteiger partial charge on any atom is -0.0319 e. The van der Waals surface area contributed by atoms with Gasteiger partial charge in [0.15, 0.2) is 0 Å². The third-order valence-electron chi connectivity index (χ3n) is 0.575. The van der Waals surface area contributed by atoms with Gasteiger partial charge in [-0.1, -0.05) is 12.2 Å². The highest BCUT2D eigenvalue weighted by atomic mass is 32.1. The molecule has 0 saturated carbocycles. The zero-order chi connectivity index (χ0) is 4.83. The fraction of sp³-hybridized carbons (Fsp3) is 0.333. The van der Waals surface area contributed by atoms with Gasteiger partial charge >= 0.3 is 0 Å². The molecule has 0 rings (SSSR count). The van der Waals surface area contributed by atoms with Crippen LogP contribution in [0.2, 0.25) is 0 Å². The van der Waals surface area contributed by atoms with Gasteiger partial charge in [0.1, 0.15) is 0 Å². The van der Waals surface area contributed by atoms with E-state index < -0.39 is 0 Å². The average molecular weight is 168 g/mol. The lowest BCUT2D eigenvalue weighted by atomic mass is 10.3. The molecule has 0 atom stereocenters. The zero-order valence-corrected chi connectivity index (χ0v) is 7.48. The molecule has 0 fully saturated rings. The van der Waals surface area contributed by atoms with Crippen LogP contribution in [0, 0.1) is 0 Å². The van der Waals surface area contributed by atoms with Gasteiger partial charge in [-0.3, -0.25) is 0 Å². The number of rotatable bonds is 3. The minimum atomic E-state index is 0. The van der Waals surface area contributed by atoms with Crippen LogP contribution in [0.1, 0.15) is 12.8 Å². The van der Waals surface area contributed by atoms with E-state index in [9.17, 15) is 0 Å². The molecule has 0 aromatic carbocycles. The molecule has 0 spiro atoms. The van der Waals surface area contributed by atoms with Crippen molar-refractivity contribution >= 4 is 27.0 Å². The molecule has 0 amide bonds. The molecule has 0 heterocycles. The molecule has 1 nitrogen and oxygen atoms in total. The molecule has 0 aromatic rings. The highest BCUT2D eigenvalue weighted by molar-refractivity contribution is 7.59. The second-order valence-electron chi connectivity index (χ2n) is 1.15. The number of unbranched alkanes of at least 4 members (excludes halogenated alkanes) is 1. The Balaban J connectivity index is -0.0000000417. The predicted molar refractivity (Wildman–Crippen MR) is 54.0 cm³/mol. The Morgan fingerprint density at radius 3 is 1.22 bits per heavy atom. The monoisotopic (exact) mass is 168 g/mol. The summed E-state index contributed by atoms with van der Waals surface area (Å²) in [6.45, 7) is 7.10. The molecule has 3 heteroatoms. The summed E-state index contributed by atoms with van der Waals surface area (Å²) < 4.78 is 0. The molecule has 0 radical (unpaired) electrons. The van der Waals surface area contributed by atoms with E-state index in [1.165, 1.54) is 0 Å². The normalized spacial score (nSPS) is 4.89. The standard InChI is InChI=1S/C6H10.H2O.2H2S/c1-3-5-6-4-2;;;/h3-4H,1-2,5-6H2;3*1H2. The molecule has 2 N–H and O–H groups in total. The van der Waals surface area contributed by atoms with Crippen LogP contribution in [0.4, 0.5) is 0 Å². The fourth-order valence-electron chi connectivity index (χ4n) is 0.236. The van der Waals surface area contributed by atoms with Gasteiger partial charge in [-0.05, 0) is 12.8 Å². The summed E-state index contributed by atoms with van der Waals surface area (Å²) in [5.74, 6) is 0. The van der Waals surface area contributed by atoms with Gasteiger partial charge in [-0.2, -0.15) is 27.0 Å². The topological polar surface area (TPSA) is 31.5 Å². The summed E-state index contributed by atoms with van der Waals surface area (Å²) in [5.41, 5.74) is 0. The number of hydrogen-bond donors (Lipinski definition) is 0. The Labute approximate surface area is 71.1 Å². The smallest absolute Gasteiger partial charge is 0.0319 e. The Morgan fingerprint density at radius 2 is 1.11 bits per heavy atom. The quantitative estimate of drug-likeness (QED) is 0.452. The summed E-state index contributed by atoms with van der Waals surface area (Å²) in [4.78, 5) is 0. The van der Waals surface area contributed by atoms with Crippen molar-refractivity contribution in [1.82, 2.24) is 0 Å². The largest absolute Gasteiger partial charge is 0.412 e. The maximum atomic E-state index is 3.55. The first kappa shape index (κ1) is 22.9. The van der Waals surface area contributed by atoms with Crippen LogP contribution < -0.4 is 0 Å². The van der Waals surface area contributed by atoms with Crippen LogP contribution in [-0.4, -0.2) is 5.48 Å². The highest BCUT2D eigenvalue weighted by Crippen LogP contribution is 1.86.